The van der Waals surface area contributed by atoms with Gasteiger partial charge in [-0.25, -0.2) is 0 Å². The van der Waals surface area contributed by atoms with E-state index >= 15 is 0 Å². The zero-order chi connectivity index (χ0) is 14.6. The predicted molar refractivity (Wildman–Crippen MR) is 83.3 cm³/mol. The fourth-order valence-electron chi connectivity index (χ4n) is 3.88. The van der Waals surface area contributed by atoms with E-state index in [1.165, 1.54) is 12.8 Å². The van der Waals surface area contributed by atoms with Gasteiger partial charge < -0.3 is 10.6 Å². The molecule has 114 valence electrons. The maximum atomic E-state index is 13.1. The lowest BCUT2D eigenvalue weighted by Gasteiger charge is -2.42. The third-order valence-corrected chi connectivity index (χ3v) is 5.43. The lowest BCUT2D eigenvalue weighted by molar-refractivity contribution is -0.145. The number of hydrogen-bond acceptors (Lipinski definition) is 2. The lowest BCUT2D eigenvalue weighted by atomic mass is 9.69. The highest BCUT2D eigenvalue weighted by molar-refractivity contribution is 5.83. The van der Waals surface area contributed by atoms with Crippen molar-refractivity contribution in [3.05, 3.63) is 12.7 Å². The molecule has 0 aromatic heterocycles. The van der Waals surface area contributed by atoms with Crippen molar-refractivity contribution < 1.29 is 4.79 Å². The topological polar surface area (TPSA) is 46.3 Å². The Morgan fingerprint density at radius 2 is 1.90 bits per heavy atom. The molecule has 0 atom stereocenters. The van der Waals surface area contributed by atoms with Crippen molar-refractivity contribution in [1.29, 1.82) is 0 Å². The number of carbonyl (C=O) groups is 1. The van der Waals surface area contributed by atoms with Gasteiger partial charge in [0.25, 0.3) is 0 Å². The summed E-state index contributed by atoms with van der Waals surface area (Å²) in [4.78, 5) is 15.2. The van der Waals surface area contributed by atoms with Crippen LogP contribution in [0.15, 0.2) is 12.7 Å². The van der Waals surface area contributed by atoms with Crippen LogP contribution < -0.4 is 5.73 Å². The molecule has 0 saturated heterocycles. The Labute approximate surface area is 123 Å². The Hall–Kier alpha value is -0.830. The SMILES string of the molecule is C=CCN(C(=O)C1(CN)CCC(C)CC1)C1CCCC1. The molecule has 0 bridgehead atoms. The van der Waals surface area contributed by atoms with E-state index in [1.54, 1.807) is 0 Å². The molecular formula is C17H30N2O. The number of hydrogen-bond donors (Lipinski definition) is 1. The summed E-state index contributed by atoms with van der Waals surface area (Å²) in [7, 11) is 0. The molecule has 0 aromatic carbocycles. The summed E-state index contributed by atoms with van der Waals surface area (Å²) in [6.45, 7) is 7.30. The Kier molecular flexibility index (Phi) is 5.25. The highest BCUT2D eigenvalue weighted by Crippen LogP contribution is 2.40. The van der Waals surface area contributed by atoms with Crippen LogP contribution in [-0.2, 0) is 4.79 Å². The molecule has 3 nitrogen and oxygen atoms in total. The van der Waals surface area contributed by atoms with Crippen LogP contribution in [0.5, 0.6) is 0 Å². The van der Waals surface area contributed by atoms with Gasteiger partial charge in [0.05, 0.1) is 5.41 Å². The summed E-state index contributed by atoms with van der Waals surface area (Å²) >= 11 is 0. The molecule has 3 heteroatoms. The van der Waals surface area contributed by atoms with Gasteiger partial charge in [0.2, 0.25) is 5.91 Å². The second kappa shape index (κ2) is 6.75. The molecule has 2 fully saturated rings. The van der Waals surface area contributed by atoms with Crippen molar-refractivity contribution in [2.45, 2.75) is 64.3 Å². The fourth-order valence-corrected chi connectivity index (χ4v) is 3.88. The van der Waals surface area contributed by atoms with E-state index in [0.717, 1.165) is 44.4 Å². The van der Waals surface area contributed by atoms with Crippen LogP contribution in [0.3, 0.4) is 0 Å². The van der Waals surface area contributed by atoms with E-state index in [2.05, 4.69) is 18.4 Å². The molecule has 0 heterocycles. The van der Waals surface area contributed by atoms with E-state index in [9.17, 15) is 4.79 Å². The minimum atomic E-state index is -0.294. The highest BCUT2D eigenvalue weighted by Gasteiger charge is 2.43. The molecule has 1 amide bonds. The van der Waals surface area contributed by atoms with Crippen LogP contribution in [0.25, 0.3) is 0 Å². The largest absolute Gasteiger partial charge is 0.335 e. The van der Waals surface area contributed by atoms with Gasteiger partial charge in [-0.3, -0.25) is 4.79 Å². The molecule has 0 radical (unpaired) electrons. The lowest BCUT2D eigenvalue weighted by Crippen LogP contribution is -2.52. The van der Waals surface area contributed by atoms with E-state index in [0.29, 0.717) is 25.0 Å². The summed E-state index contributed by atoms with van der Waals surface area (Å²) in [5, 5.41) is 0. The Bertz CT molecular complexity index is 339. The first-order chi connectivity index (χ1) is 9.63. The predicted octanol–water partition coefficient (Wildman–Crippen LogP) is 3.10. The zero-order valence-corrected chi connectivity index (χ0v) is 12.9. The van der Waals surface area contributed by atoms with Crippen molar-refractivity contribution in [1.82, 2.24) is 4.90 Å². The molecule has 0 aromatic rings. The van der Waals surface area contributed by atoms with Crippen molar-refractivity contribution in [2.75, 3.05) is 13.1 Å². The molecule has 2 saturated carbocycles. The molecule has 2 aliphatic carbocycles. The Balaban J connectivity index is 2.13. The minimum absolute atomic E-state index is 0.294. The average Bonchev–Trinajstić information content (AvgIpc) is 2.99. The van der Waals surface area contributed by atoms with Crippen LogP contribution in [0.1, 0.15) is 58.3 Å². The number of rotatable bonds is 5. The quantitative estimate of drug-likeness (QED) is 0.785. The smallest absolute Gasteiger partial charge is 0.230 e. The van der Waals surface area contributed by atoms with E-state index < -0.39 is 0 Å². The molecule has 0 unspecified atom stereocenters. The van der Waals surface area contributed by atoms with E-state index in [1.807, 2.05) is 6.08 Å². The normalized spacial score (nSPS) is 31.2. The summed E-state index contributed by atoms with van der Waals surface area (Å²) in [5.74, 6) is 1.04. The summed E-state index contributed by atoms with van der Waals surface area (Å²) in [6, 6.07) is 0.420. The maximum absolute atomic E-state index is 13.1. The van der Waals surface area contributed by atoms with Gasteiger partial charge in [-0.1, -0.05) is 25.8 Å². The van der Waals surface area contributed by atoms with Gasteiger partial charge in [-0.2, -0.15) is 0 Å². The van der Waals surface area contributed by atoms with Crippen molar-refractivity contribution >= 4 is 5.91 Å². The molecular weight excluding hydrogens is 248 g/mol. The summed E-state index contributed by atoms with van der Waals surface area (Å²) in [6.07, 6.45) is 10.9. The first-order valence-electron chi connectivity index (χ1n) is 8.25. The fraction of sp³-hybridized carbons (Fsp3) is 0.824. The highest BCUT2D eigenvalue weighted by atomic mass is 16.2. The first-order valence-corrected chi connectivity index (χ1v) is 8.25. The van der Waals surface area contributed by atoms with Crippen molar-refractivity contribution in [3.63, 3.8) is 0 Å². The van der Waals surface area contributed by atoms with Crippen LogP contribution in [-0.4, -0.2) is 29.9 Å². The second-order valence-corrected chi connectivity index (χ2v) is 6.85. The second-order valence-electron chi connectivity index (χ2n) is 6.85. The standard InChI is InChI=1S/C17H30N2O/c1-3-12-19(15-6-4-5-7-15)16(20)17(13-18)10-8-14(2)9-11-17/h3,14-15H,1,4-13,18H2,2H3. The summed E-state index contributed by atoms with van der Waals surface area (Å²) < 4.78 is 0. The van der Waals surface area contributed by atoms with E-state index in [4.69, 9.17) is 5.73 Å². The number of nitrogens with two attached hydrogens (primary N) is 1. The van der Waals surface area contributed by atoms with Crippen molar-refractivity contribution in [3.8, 4) is 0 Å². The molecule has 2 N–H and O–H groups in total. The van der Waals surface area contributed by atoms with Gasteiger partial charge in [-0.05, 0) is 44.4 Å². The third-order valence-electron chi connectivity index (χ3n) is 5.43. The Morgan fingerprint density at radius 1 is 1.30 bits per heavy atom. The van der Waals surface area contributed by atoms with Gasteiger partial charge in [0, 0.05) is 19.1 Å². The van der Waals surface area contributed by atoms with Crippen LogP contribution in [0.4, 0.5) is 0 Å². The Morgan fingerprint density at radius 3 is 2.40 bits per heavy atom. The van der Waals surface area contributed by atoms with Gasteiger partial charge in [0.15, 0.2) is 0 Å². The molecule has 0 aliphatic heterocycles. The van der Waals surface area contributed by atoms with Gasteiger partial charge in [-0.15, -0.1) is 6.58 Å². The van der Waals surface area contributed by atoms with Crippen molar-refractivity contribution in [2.24, 2.45) is 17.1 Å². The molecule has 2 rings (SSSR count). The van der Waals surface area contributed by atoms with Gasteiger partial charge >= 0.3 is 0 Å². The molecule has 20 heavy (non-hydrogen) atoms. The van der Waals surface area contributed by atoms with Crippen LogP contribution >= 0.6 is 0 Å². The average molecular weight is 278 g/mol. The first kappa shape index (κ1) is 15.6. The minimum Gasteiger partial charge on any atom is -0.335 e. The molecule has 0 spiro atoms. The van der Waals surface area contributed by atoms with Gasteiger partial charge in [0.1, 0.15) is 0 Å². The van der Waals surface area contributed by atoms with E-state index in [-0.39, 0.29) is 5.41 Å². The summed E-state index contributed by atoms with van der Waals surface area (Å²) in [5.41, 5.74) is 5.75. The third kappa shape index (κ3) is 3.08. The number of nitrogens with zero attached hydrogens (tertiary/aromatic N) is 1. The molecule has 2 aliphatic rings. The van der Waals surface area contributed by atoms with Crippen LogP contribution in [0.2, 0.25) is 0 Å². The number of amides is 1. The zero-order valence-electron chi connectivity index (χ0n) is 12.9. The van der Waals surface area contributed by atoms with Crippen LogP contribution in [0, 0.1) is 11.3 Å². The maximum Gasteiger partial charge on any atom is 0.230 e. The number of carbonyl (C=O) groups excluding carboxylic acids is 1. The monoisotopic (exact) mass is 278 g/mol.